The summed E-state index contributed by atoms with van der Waals surface area (Å²) in [5.41, 5.74) is 1.16. The molecule has 0 aliphatic heterocycles. The number of benzene rings is 1. The number of nitrogens with one attached hydrogen (secondary N) is 1. The SMILES string of the molecule is CN(C)CCNCC1C(=O)CC(c2ccccc2)CC1O. The minimum absolute atomic E-state index is 0.159. The summed E-state index contributed by atoms with van der Waals surface area (Å²) in [6.45, 7) is 2.35. The van der Waals surface area contributed by atoms with E-state index < -0.39 is 6.10 Å². The van der Waals surface area contributed by atoms with Crippen molar-refractivity contribution in [3.8, 4) is 0 Å². The first kappa shape index (κ1) is 16.1. The fraction of sp³-hybridized carbons (Fsp3) is 0.588. The van der Waals surface area contributed by atoms with E-state index in [0.29, 0.717) is 19.4 Å². The summed E-state index contributed by atoms with van der Waals surface area (Å²) in [5.74, 6) is 0.0822. The molecule has 116 valence electrons. The highest BCUT2D eigenvalue weighted by Crippen LogP contribution is 2.33. The van der Waals surface area contributed by atoms with Gasteiger partial charge in [0.25, 0.3) is 0 Å². The van der Waals surface area contributed by atoms with Gasteiger partial charge in [0.2, 0.25) is 0 Å². The van der Waals surface area contributed by atoms with Crippen LogP contribution in [0, 0.1) is 5.92 Å². The molecule has 0 radical (unpaired) electrons. The molecule has 0 saturated heterocycles. The molecule has 0 heterocycles. The third-order valence-corrected chi connectivity index (χ3v) is 4.22. The summed E-state index contributed by atoms with van der Waals surface area (Å²) in [5, 5.41) is 13.6. The molecular weight excluding hydrogens is 264 g/mol. The Kier molecular flexibility index (Phi) is 5.91. The zero-order valence-corrected chi connectivity index (χ0v) is 13.0. The molecule has 2 N–H and O–H groups in total. The van der Waals surface area contributed by atoms with E-state index in [-0.39, 0.29) is 17.6 Å². The van der Waals surface area contributed by atoms with Crippen molar-refractivity contribution in [2.75, 3.05) is 33.7 Å². The zero-order valence-electron chi connectivity index (χ0n) is 13.0. The van der Waals surface area contributed by atoms with Gasteiger partial charge in [0, 0.05) is 26.1 Å². The second kappa shape index (κ2) is 7.69. The quantitative estimate of drug-likeness (QED) is 0.775. The van der Waals surface area contributed by atoms with Crippen LogP contribution in [0.1, 0.15) is 24.3 Å². The van der Waals surface area contributed by atoms with Crippen molar-refractivity contribution < 1.29 is 9.90 Å². The predicted molar refractivity (Wildman–Crippen MR) is 84.3 cm³/mol. The van der Waals surface area contributed by atoms with Crippen LogP contribution >= 0.6 is 0 Å². The maximum atomic E-state index is 12.3. The molecule has 1 fully saturated rings. The fourth-order valence-electron chi connectivity index (χ4n) is 2.94. The monoisotopic (exact) mass is 290 g/mol. The van der Waals surface area contributed by atoms with Crippen molar-refractivity contribution in [1.82, 2.24) is 10.2 Å². The second-order valence-corrected chi connectivity index (χ2v) is 6.19. The molecule has 4 nitrogen and oxygen atoms in total. The average molecular weight is 290 g/mol. The Balaban J connectivity index is 1.86. The van der Waals surface area contributed by atoms with Gasteiger partial charge in [-0.25, -0.2) is 0 Å². The van der Waals surface area contributed by atoms with Gasteiger partial charge in [-0.05, 0) is 32.0 Å². The maximum absolute atomic E-state index is 12.3. The molecule has 1 aliphatic carbocycles. The van der Waals surface area contributed by atoms with Gasteiger partial charge in [-0.2, -0.15) is 0 Å². The van der Waals surface area contributed by atoms with Crippen LogP contribution in [0.4, 0.5) is 0 Å². The molecule has 3 atom stereocenters. The second-order valence-electron chi connectivity index (χ2n) is 6.19. The van der Waals surface area contributed by atoms with Crippen LogP contribution in [0.5, 0.6) is 0 Å². The van der Waals surface area contributed by atoms with Crippen molar-refractivity contribution in [2.24, 2.45) is 5.92 Å². The lowest BCUT2D eigenvalue weighted by atomic mass is 9.76. The van der Waals surface area contributed by atoms with E-state index in [4.69, 9.17) is 0 Å². The first-order valence-corrected chi connectivity index (χ1v) is 7.69. The Hall–Kier alpha value is -1.23. The maximum Gasteiger partial charge on any atom is 0.140 e. The summed E-state index contributed by atoms with van der Waals surface area (Å²) >= 11 is 0. The molecule has 0 aromatic heterocycles. The molecule has 0 spiro atoms. The molecule has 1 aliphatic rings. The first-order valence-electron chi connectivity index (χ1n) is 7.69. The normalized spacial score (nSPS) is 26.3. The number of aliphatic hydroxyl groups excluding tert-OH is 1. The van der Waals surface area contributed by atoms with Crippen LogP contribution in [-0.2, 0) is 4.79 Å². The van der Waals surface area contributed by atoms with Crippen LogP contribution in [0.3, 0.4) is 0 Å². The topological polar surface area (TPSA) is 52.6 Å². The number of hydrogen-bond acceptors (Lipinski definition) is 4. The zero-order chi connectivity index (χ0) is 15.2. The van der Waals surface area contributed by atoms with Gasteiger partial charge in [-0.1, -0.05) is 30.3 Å². The lowest BCUT2D eigenvalue weighted by molar-refractivity contribution is -0.129. The number of carbonyl (C=O) groups excluding carboxylic acids is 1. The fourth-order valence-corrected chi connectivity index (χ4v) is 2.94. The van der Waals surface area contributed by atoms with E-state index in [1.807, 2.05) is 44.4 Å². The summed E-state index contributed by atoms with van der Waals surface area (Å²) in [6.07, 6.45) is 0.681. The van der Waals surface area contributed by atoms with Crippen molar-refractivity contribution in [3.63, 3.8) is 0 Å². The summed E-state index contributed by atoms with van der Waals surface area (Å²) in [7, 11) is 4.04. The molecule has 0 amide bonds. The minimum Gasteiger partial charge on any atom is -0.392 e. The molecule has 2 rings (SSSR count). The van der Waals surface area contributed by atoms with Gasteiger partial charge < -0.3 is 15.3 Å². The van der Waals surface area contributed by atoms with Crippen LogP contribution in [-0.4, -0.2) is 55.6 Å². The van der Waals surface area contributed by atoms with Crippen molar-refractivity contribution >= 4 is 5.78 Å². The van der Waals surface area contributed by atoms with Crippen molar-refractivity contribution in [1.29, 1.82) is 0 Å². The van der Waals surface area contributed by atoms with Crippen LogP contribution in [0.2, 0.25) is 0 Å². The van der Waals surface area contributed by atoms with Crippen molar-refractivity contribution in [3.05, 3.63) is 35.9 Å². The van der Waals surface area contributed by atoms with E-state index in [1.165, 1.54) is 0 Å². The average Bonchev–Trinajstić information content (AvgIpc) is 2.46. The summed E-state index contributed by atoms with van der Waals surface area (Å²) < 4.78 is 0. The number of nitrogens with zero attached hydrogens (tertiary/aromatic N) is 1. The largest absolute Gasteiger partial charge is 0.392 e. The van der Waals surface area contributed by atoms with Gasteiger partial charge in [-0.15, -0.1) is 0 Å². The lowest BCUT2D eigenvalue weighted by Gasteiger charge is -2.32. The molecule has 1 aromatic carbocycles. The number of rotatable bonds is 6. The molecule has 1 saturated carbocycles. The van der Waals surface area contributed by atoms with Gasteiger partial charge in [0.1, 0.15) is 5.78 Å². The molecule has 4 heteroatoms. The van der Waals surface area contributed by atoms with Crippen LogP contribution in [0.15, 0.2) is 30.3 Å². The molecule has 0 bridgehead atoms. The van der Waals surface area contributed by atoms with Gasteiger partial charge >= 0.3 is 0 Å². The number of hydrogen-bond donors (Lipinski definition) is 2. The van der Waals surface area contributed by atoms with Crippen LogP contribution < -0.4 is 5.32 Å². The predicted octanol–water partition coefficient (Wildman–Crippen LogP) is 1.26. The van der Waals surface area contributed by atoms with E-state index in [2.05, 4.69) is 10.2 Å². The Morgan fingerprint density at radius 2 is 2.00 bits per heavy atom. The van der Waals surface area contributed by atoms with E-state index in [1.54, 1.807) is 0 Å². The molecule has 1 aromatic rings. The Labute approximate surface area is 127 Å². The van der Waals surface area contributed by atoms with Crippen LogP contribution in [0.25, 0.3) is 0 Å². The summed E-state index contributed by atoms with van der Waals surface area (Å²) in [4.78, 5) is 14.4. The highest BCUT2D eigenvalue weighted by atomic mass is 16.3. The Morgan fingerprint density at radius 3 is 2.62 bits per heavy atom. The standard InChI is InChI=1S/C17H26N2O2/c1-19(2)9-8-18-12-15-16(20)10-14(11-17(15)21)13-6-4-3-5-7-13/h3-7,14-16,18,20H,8-12H2,1-2H3. The number of carbonyl (C=O) groups is 1. The smallest absolute Gasteiger partial charge is 0.140 e. The molecular formula is C17H26N2O2. The Morgan fingerprint density at radius 1 is 1.29 bits per heavy atom. The van der Waals surface area contributed by atoms with Gasteiger partial charge in [0.15, 0.2) is 0 Å². The highest BCUT2D eigenvalue weighted by Gasteiger charge is 2.35. The van der Waals surface area contributed by atoms with E-state index >= 15 is 0 Å². The lowest BCUT2D eigenvalue weighted by Crippen LogP contribution is -2.43. The molecule has 21 heavy (non-hydrogen) atoms. The van der Waals surface area contributed by atoms with E-state index in [0.717, 1.165) is 18.7 Å². The number of Topliss-reactive ketones (excluding diaryl/α,β-unsaturated/α-hetero) is 1. The van der Waals surface area contributed by atoms with Crippen molar-refractivity contribution in [2.45, 2.75) is 24.9 Å². The minimum atomic E-state index is -0.539. The van der Waals surface area contributed by atoms with Gasteiger partial charge in [-0.3, -0.25) is 4.79 Å². The number of ketones is 1. The summed E-state index contributed by atoms with van der Waals surface area (Å²) in [6, 6.07) is 10.0. The first-order chi connectivity index (χ1) is 10.1. The number of likely N-dealkylation sites (N-methyl/N-ethyl adjacent to an activating group) is 1. The Bertz CT molecular complexity index is 447. The third kappa shape index (κ3) is 4.63. The van der Waals surface area contributed by atoms with E-state index in [9.17, 15) is 9.90 Å². The number of aliphatic hydroxyl groups is 1. The molecule has 3 unspecified atom stereocenters. The van der Waals surface area contributed by atoms with Gasteiger partial charge in [0.05, 0.1) is 12.0 Å². The highest BCUT2D eigenvalue weighted by molar-refractivity contribution is 5.83. The third-order valence-electron chi connectivity index (χ3n) is 4.22.